The summed E-state index contributed by atoms with van der Waals surface area (Å²) in [7, 11) is 0. The van der Waals surface area contributed by atoms with Gasteiger partial charge in [0.05, 0.1) is 11.3 Å². The first kappa shape index (κ1) is 27.4. The summed E-state index contributed by atoms with van der Waals surface area (Å²) in [6.45, 7) is 6.64. The summed E-state index contributed by atoms with van der Waals surface area (Å²) in [6, 6.07) is 6.74. The first-order chi connectivity index (χ1) is 18.9. The van der Waals surface area contributed by atoms with Gasteiger partial charge in [-0.2, -0.15) is 0 Å². The highest BCUT2D eigenvalue weighted by Gasteiger charge is 2.34. The largest absolute Gasteiger partial charge is 0.444 e. The van der Waals surface area contributed by atoms with E-state index >= 15 is 4.39 Å². The maximum atomic E-state index is 15.0. The van der Waals surface area contributed by atoms with Gasteiger partial charge in [-0.1, -0.05) is 6.07 Å². The molecule has 210 valence electrons. The molecule has 1 unspecified atom stereocenters. The van der Waals surface area contributed by atoms with Crippen LogP contribution in [0.5, 0.6) is 0 Å². The highest BCUT2D eigenvalue weighted by atomic mass is 19.1. The van der Waals surface area contributed by atoms with Gasteiger partial charge in [0, 0.05) is 49.6 Å². The van der Waals surface area contributed by atoms with Crippen LogP contribution in [0.3, 0.4) is 0 Å². The van der Waals surface area contributed by atoms with E-state index in [1.54, 1.807) is 31.7 Å². The molecule has 1 aromatic heterocycles. The Kier molecular flexibility index (Phi) is 7.17. The number of amides is 1. The lowest BCUT2D eigenvalue weighted by Crippen LogP contribution is -2.50. The number of hydrogen-bond donors (Lipinski definition) is 1. The highest BCUT2D eigenvalue weighted by molar-refractivity contribution is 5.80. The molecule has 5 rings (SSSR count). The van der Waals surface area contributed by atoms with E-state index in [4.69, 9.17) is 9.72 Å². The Morgan fingerprint density at radius 1 is 0.950 bits per heavy atom. The zero-order valence-electron chi connectivity index (χ0n) is 22.2. The molecule has 0 bridgehead atoms. The fourth-order valence-electron chi connectivity index (χ4n) is 4.88. The zero-order chi connectivity index (χ0) is 28.8. The lowest BCUT2D eigenvalue weighted by Gasteiger charge is -2.37. The van der Waals surface area contributed by atoms with Crippen LogP contribution in [-0.4, -0.2) is 58.0 Å². The fraction of sp³-hybridized carbons (Fsp3) is 0.310. The highest BCUT2D eigenvalue weighted by Crippen LogP contribution is 2.42. The summed E-state index contributed by atoms with van der Waals surface area (Å²) >= 11 is 0. The lowest BCUT2D eigenvalue weighted by molar-refractivity contribution is -0.0714. The molecule has 1 saturated heterocycles. The van der Waals surface area contributed by atoms with Crippen LogP contribution in [0.15, 0.2) is 48.7 Å². The molecule has 1 amide bonds. The van der Waals surface area contributed by atoms with Crippen molar-refractivity contribution in [3.63, 3.8) is 0 Å². The number of pyridine rings is 1. The second-order valence-electron chi connectivity index (χ2n) is 10.6. The van der Waals surface area contributed by atoms with Gasteiger partial charge in [0.1, 0.15) is 40.7 Å². The summed E-state index contributed by atoms with van der Waals surface area (Å²) in [4.78, 5) is 20.7. The van der Waals surface area contributed by atoms with Crippen molar-refractivity contribution in [2.45, 2.75) is 32.4 Å². The minimum atomic E-state index is -1.38. The van der Waals surface area contributed by atoms with Crippen molar-refractivity contribution in [1.82, 2.24) is 14.9 Å². The maximum absolute atomic E-state index is 15.0. The lowest BCUT2D eigenvalue weighted by atomic mass is 9.90. The van der Waals surface area contributed by atoms with E-state index in [0.717, 1.165) is 24.3 Å². The van der Waals surface area contributed by atoms with Crippen molar-refractivity contribution in [3.05, 3.63) is 88.8 Å². The Bertz CT molecular complexity index is 1460. The van der Waals surface area contributed by atoms with Crippen LogP contribution in [0.4, 0.5) is 28.2 Å². The normalized spacial score (nSPS) is 17.2. The molecule has 1 fully saturated rings. The third kappa shape index (κ3) is 5.33. The van der Waals surface area contributed by atoms with Crippen molar-refractivity contribution < 1.29 is 32.3 Å². The molecule has 0 saturated carbocycles. The third-order valence-electron chi connectivity index (χ3n) is 6.74. The van der Waals surface area contributed by atoms with Crippen LogP contribution in [-0.2, 0) is 4.74 Å². The maximum Gasteiger partial charge on any atom is 0.410 e. The molecule has 2 aliphatic heterocycles. The predicted molar refractivity (Wildman–Crippen MR) is 140 cm³/mol. The van der Waals surface area contributed by atoms with Crippen LogP contribution >= 0.6 is 0 Å². The number of fused-ring (bicyclic) bond motifs is 1. The second-order valence-corrected chi connectivity index (χ2v) is 10.6. The number of ether oxygens (including phenoxy) is 1. The standard InChI is InChI=1S/C29H28F4N4O3/c1-29(2,3)40-28(38)36-13-11-35(12-14-36)24-16-20(18-8-7-17(30)15-23(18)33)19-9-10-37(39)27(26(19)34-24)25-21(31)5-4-6-22(25)32/h4-10,15-16,27,39H,11-14H2,1-3H3. The molecule has 1 atom stereocenters. The fourth-order valence-corrected chi connectivity index (χ4v) is 4.88. The molecule has 7 nitrogen and oxygen atoms in total. The predicted octanol–water partition coefficient (Wildman–Crippen LogP) is 6.13. The first-order valence-electron chi connectivity index (χ1n) is 12.8. The molecule has 0 spiro atoms. The summed E-state index contributed by atoms with van der Waals surface area (Å²) in [6.07, 6.45) is 2.22. The van der Waals surface area contributed by atoms with Gasteiger partial charge in [-0.15, -0.1) is 0 Å². The van der Waals surface area contributed by atoms with Crippen molar-refractivity contribution in [1.29, 1.82) is 0 Å². The number of carbonyl (C=O) groups excluding carboxylic acids is 1. The van der Waals surface area contributed by atoms with Gasteiger partial charge in [0.25, 0.3) is 0 Å². The third-order valence-corrected chi connectivity index (χ3v) is 6.74. The van der Waals surface area contributed by atoms with Crippen LogP contribution < -0.4 is 4.90 Å². The topological polar surface area (TPSA) is 69.1 Å². The zero-order valence-corrected chi connectivity index (χ0v) is 22.2. The van der Waals surface area contributed by atoms with Crippen molar-refractivity contribution in [2.24, 2.45) is 0 Å². The van der Waals surface area contributed by atoms with Crippen LogP contribution in [0.25, 0.3) is 17.2 Å². The van der Waals surface area contributed by atoms with Crippen LogP contribution in [0, 0.1) is 23.3 Å². The Morgan fingerprint density at radius 2 is 1.62 bits per heavy atom. The summed E-state index contributed by atoms with van der Waals surface area (Å²) in [5.41, 5.74) is -0.320. The van der Waals surface area contributed by atoms with Gasteiger partial charge in [-0.25, -0.2) is 27.3 Å². The van der Waals surface area contributed by atoms with Crippen LogP contribution in [0.2, 0.25) is 0 Å². The molecule has 2 aliphatic rings. The van der Waals surface area contributed by atoms with Gasteiger partial charge < -0.3 is 14.5 Å². The number of piperazine rings is 1. The molecule has 3 heterocycles. The molecule has 0 radical (unpaired) electrons. The molecular formula is C29H28F4N4O3. The number of nitrogens with zero attached hydrogens (tertiary/aromatic N) is 4. The monoisotopic (exact) mass is 556 g/mol. The molecular weight excluding hydrogens is 528 g/mol. The molecule has 0 aliphatic carbocycles. The van der Waals surface area contributed by atoms with Gasteiger partial charge in [-0.05, 0) is 62.7 Å². The van der Waals surface area contributed by atoms with E-state index in [9.17, 15) is 23.2 Å². The summed E-state index contributed by atoms with van der Waals surface area (Å²) in [5.74, 6) is -3.03. The number of aromatic nitrogens is 1. The summed E-state index contributed by atoms with van der Waals surface area (Å²) < 4.78 is 64.1. The van der Waals surface area contributed by atoms with Crippen molar-refractivity contribution in [3.8, 4) is 11.1 Å². The average Bonchev–Trinajstić information content (AvgIpc) is 2.88. The Labute approximate surface area is 228 Å². The average molecular weight is 557 g/mol. The number of anilines is 1. The van der Waals surface area contributed by atoms with Gasteiger partial charge in [0.15, 0.2) is 0 Å². The Morgan fingerprint density at radius 3 is 2.25 bits per heavy atom. The van der Waals surface area contributed by atoms with Gasteiger partial charge in [-0.3, -0.25) is 10.3 Å². The van der Waals surface area contributed by atoms with Gasteiger partial charge in [0.2, 0.25) is 0 Å². The number of benzene rings is 2. The van der Waals surface area contributed by atoms with Gasteiger partial charge >= 0.3 is 6.09 Å². The van der Waals surface area contributed by atoms with E-state index in [0.29, 0.717) is 48.2 Å². The van der Waals surface area contributed by atoms with E-state index in [2.05, 4.69) is 0 Å². The second kappa shape index (κ2) is 10.5. The Balaban J connectivity index is 1.60. The quantitative estimate of drug-likeness (QED) is 0.392. The van der Waals surface area contributed by atoms with E-state index < -0.39 is 46.6 Å². The Hall–Kier alpha value is -4.12. The molecule has 1 N–H and O–H groups in total. The smallest absolute Gasteiger partial charge is 0.410 e. The molecule has 2 aromatic carbocycles. The molecule has 3 aromatic rings. The number of hydroxylamine groups is 2. The van der Waals surface area contributed by atoms with E-state index in [1.165, 1.54) is 24.4 Å². The number of carbonyl (C=O) groups is 1. The van der Waals surface area contributed by atoms with Crippen LogP contribution in [0.1, 0.15) is 43.6 Å². The number of rotatable bonds is 3. The number of halogens is 4. The molecule has 11 heteroatoms. The van der Waals surface area contributed by atoms with E-state index in [-0.39, 0.29) is 11.3 Å². The number of hydrogen-bond acceptors (Lipinski definition) is 6. The first-order valence-corrected chi connectivity index (χ1v) is 12.8. The minimum Gasteiger partial charge on any atom is -0.444 e. The van der Waals surface area contributed by atoms with E-state index in [1.807, 2.05) is 4.90 Å². The van der Waals surface area contributed by atoms with Crippen molar-refractivity contribution >= 4 is 18.0 Å². The summed E-state index contributed by atoms with van der Waals surface area (Å²) in [5, 5.41) is 11.4. The minimum absolute atomic E-state index is 0.0532. The molecule has 40 heavy (non-hydrogen) atoms. The SMILES string of the molecule is CC(C)(C)OC(=O)N1CCN(c2cc(-c3ccc(F)cc3F)c3c(n2)C(c2c(F)cccc2F)N(O)C=C3)CC1. The van der Waals surface area contributed by atoms with Crippen molar-refractivity contribution in [2.75, 3.05) is 31.1 Å².